The molecule has 114 valence electrons. The van der Waals surface area contributed by atoms with Crippen LogP contribution in [0.4, 0.5) is 0 Å². The van der Waals surface area contributed by atoms with Gasteiger partial charge in [-0.2, -0.15) is 0 Å². The van der Waals surface area contributed by atoms with Crippen LogP contribution in [0.1, 0.15) is 39.5 Å². The average molecular weight is 298 g/mol. The van der Waals surface area contributed by atoms with Crippen molar-refractivity contribution in [3.63, 3.8) is 0 Å². The normalized spacial score (nSPS) is 36.1. The fraction of sp³-hybridized carbons (Fsp3) is 0.867. The van der Waals surface area contributed by atoms with Crippen LogP contribution in [0.3, 0.4) is 0 Å². The van der Waals surface area contributed by atoms with E-state index in [0.29, 0.717) is 12.0 Å². The van der Waals surface area contributed by atoms with Crippen molar-refractivity contribution in [2.45, 2.75) is 57.2 Å². The van der Waals surface area contributed by atoms with E-state index < -0.39 is 9.84 Å². The molecule has 4 nitrogen and oxygen atoms in total. The number of nitrogens with zero attached hydrogens (tertiary/aromatic N) is 1. The molecule has 2 atom stereocenters. The van der Waals surface area contributed by atoms with Gasteiger partial charge in [0.2, 0.25) is 0 Å². The highest BCUT2D eigenvalue weighted by Gasteiger charge is 2.44. The fourth-order valence-electron chi connectivity index (χ4n) is 4.10. The van der Waals surface area contributed by atoms with Crippen molar-refractivity contribution >= 4 is 9.84 Å². The first-order valence-corrected chi connectivity index (χ1v) is 9.54. The van der Waals surface area contributed by atoms with Crippen molar-refractivity contribution in [2.75, 3.05) is 18.8 Å². The highest BCUT2D eigenvalue weighted by molar-refractivity contribution is 7.94. The van der Waals surface area contributed by atoms with Crippen LogP contribution in [-0.2, 0) is 9.84 Å². The minimum absolute atomic E-state index is 0.0759. The van der Waals surface area contributed by atoms with Gasteiger partial charge in [-0.3, -0.25) is 4.90 Å². The molecule has 1 saturated carbocycles. The molecule has 0 amide bonds. The van der Waals surface area contributed by atoms with Crippen LogP contribution in [0, 0.1) is 5.92 Å². The third-order valence-corrected chi connectivity index (χ3v) is 6.64. The molecule has 5 heteroatoms. The maximum atomic E-state index is 11.7. The van der Waals surface area contributed by atoms with Gasteiger partial charge in [0, 0.05) is 36.1 Å². The number of sulfone groups is 1. The Bertz CT molecular complexity index is 492. The minimum atomic E-state index is -2.97. The second kappa shape index (κ2) is 5.11. The standard InChI is InChI=1S/C15H26N2O2S/c1-12(2)14-9-16-15(6-3-4-7-15)11-17(14)13-5-8-20(18,19)10-13/h5,8,12-14,16H,3-4,6-7,9-11H2,1-2H3. The van der Waals surface area contributed by atoms with Crippen molar-refractivity contribution in [3.05, 3.63) is 11.5 Å². The van der Waals surface area contributed by atoms with Gasteiger partial charge in [0.05, 0.1) is 5.75 Å². The lowest BCUT2D eigenvalue weighted by atomic mass is 9.88. The van der Waals surface area contributed by atoms with E-state index in [2.05, 4.69) is 24.1 Å². The van der Waals surface area contributed by atoms with E-state index >= 15 is 0 Å². The molecule has 1 N–H and O–H groups in total. The second-order valence-electron chi connectivity index (χ2n) is 7.08. The van der Waals surface area contributed by atoms with E-state index in [1.54, 1.807) is 0 Å². The first-order valence-electron chi connectivity index (χ1n) is 7.83. The molecule has 3 aliphatic rings. The number of nitrogens with one attached hydrogen (secondary N) is 1. The summed E-state index contributed by atoms with van der Waals surface area (Å²) in [5.41, 5.74) is 0.242. The number of rotatable bonds is 2. The Hall–Kier alpha value is -0.390. The predicted molar refractivity (Wildman–Crippen MR) is 81.2 cm³/mol. The highest BCUT2D eigenvalue weighted by Crippen LogP contribution is 2.36. The highest BCUT2D eigenvalue weighted by atomic mass is 32.2. The fourth-order valence-corrected chi connectivity index (χ4v) is 5.41. The first kappa shape index (κ1) is 14.5. The molecule has 0 aromatic heterocycles. The van der Waals surface area contributed by atoms with E-state index in [1.807, 2.05) is 6.08 Å². The molecular weight excluding hydrogens is 272 g/mol. The van der Waals surface area contributed by atoms with Gasteiger partial charge in [0.1, 0.15) is 0 Å². The van der Waals surface area contributed by atoms with Gasteiger partial charge < -0.3 is 5.32 Å². The molecular formula is C15H26N2O2S. The Morgan fingerprint density at radius 2 is 2.00 bits per heavy atom. The molecule has 2 aliphatic heterocycles. The molecule has 3 rings (SSSR count). The van der Waals surface area contributed by atoms with Gasteiger partial charge in [-0.1, -0.05) is 32.8 Å². The predicted octanol–water partition coefficient (Wildman–Crippen LogP) is 1.54. The van der Waals surface area contributed by atoms with E-state index in [4.69, 9.17) is 0 Å². The quantitative estimate of drug-likeness (QED) is 0.840. The second-order valence-corrected chi connectivity index (χ2v) is 9.01. The van der Waals surface area contributed by atoms with Crippen molar-refractivity contribution < 1.29 is 8.42 Å². The van der Waals surface area contributed by atoms with Crippen molar-refractivity contribution in [1.82, 2.24) is 10.2 Å². The average Bonchev–Trinajstić information content (AvgIpc) is 2.96. The number of hydrogen-bond donors (Lipinski definition) is 1. The summed E-state index contributed by atoms with van der Waals surface area (Å²) in [6.45, 7) is 6.46. The molecule has 1 spiro atoms. The Balaban J connectivity index is 1.81. The van der Waals surface area contributed by atoms with E-state index in [-0.39, 0.29) is 17.3 Å². The topological polar surface area (TPSA) is 49.4 Å². The monoisotopic (exact) mass is 298 g/mol. The molecule has 1 aliphatic carbocycles. The summed E-state index contributed by atoms with van der Waals surface area (Å²) >= 11 is 0. The Labute approximate surface area is 122 Å². The van der Waals surface area contributed by atoms with Crippen LogP contribution < -0.4 is 5.32 Å². The van der Waals surface area contributed by atoms with E-state index in [0.717, 1.165) is 13.1 Å². The summed E-state index contributed by atoms with van der Waals surface area (Å²) in [4.78, 5) is 2.47. The van der Waals surface area contributed by atoms with Crippen molar-refractivity contribution in [1.29, 1.82) is 0 Å². The summed E-state index contributed by atoms with van der Waals surface area (Å²) in [6.07, 6.45) is 6.96. The van der Waals surface area contributed by atoms with Gasteiger partial charge in [0.25, 0.3) is 0 Å². The molecule has 0 aromatic rings. The Kier molecular flexibility index (Phi) is 3.72. The lowest BCUT2D eigenvalue weighted by Crippen LogP contribution is -2.66. The Morgan fingerprint density at radius 1 is 1.30 bits per heavy atom. The summed E-state index contributed by atoms with van der Waals surface area (Å²) in [7, 11) is -2.97. The van der Waals surface area contributed by atoms with Crippen molar-refractivity contribution in [2.24, 2.45) is 5.92 Å². The van der Waals surface area contributed by atoms with E-state index in [1.165, 1.54) is 31.1 Å². The molecule has 0 radical (unpaired) electrons. The zero-order valence-electron chi connectivity index (χ0n) is 12.5. The SMILES string of the molecule is CC(C)C1CNC2(CCCC2)CN1C1C=CS(=O)(=O)C1. The lowest BCUT2D eigenvalue weighted by molar-refractivity contribution is 0.0427. The van der Waals surface area contributed by atoms with Crippen LogP contribution in [0.2, 0.25) is 0 Å². The van der Waals surface area contributed by atoms with Gasteiger partial charge in [-0.05, 0) is 18.8 Å². The number of piperazine rings is 1. The summed E-state index contributed by atoms with van der Waals surface area (Å²) in [6, 6.07) is 0.510. The van der Waals surface area contributed by atoms with Gasteiger partial charge in [-0.25, -0.2) is 8.42 Å². The molecule has 0 aromatic carbocycles. The summed E-state index contributed by atoms with van der Waals surface area (Å²) in [5, 5.41) is 5.20. The van der Waals surface area contributed by atoms with Gasteiger partial charge in [0.15, 0.2) is 9.84 Å². The summed E-state index contributed by atoms with van der Waals surface area (Å²) < 4.78 is 23.5. The molecule has 2 unspecified atom stereocenters. The Morgan fingerprint density at radius 3 is 2.55 bits per heavy atom. The first-order chi connectivity index (χ1) is 9.41. The van der Waals surface area contributed by atoms with E-state index in [9.17, 15) is 8.42 Å². The van der Waals surface area contributed by atoms with Gasteiger partial charge in [-0.15, -0.1) is 0 Å². The molecule has 1 saturated heterocycles. The maximum Gasteiger partial charge on any atom is 0.173 e. The minimum Gasteiger partial charge on any atom is -0.308 e. The largest absolute Gasteiger partial charge is 0.308 e. The van der Waals surface area contributed by atoms with Crippen LogP contribution in [0.25, 0.3) is 0 Å². The maximum absolute atomic E-state index is 11.7. The number of hydrogen-bond acceptors (Lipinski definition) is 4. The lowest BCUT2D eigenvalue weighted by Gasteiger charge is -2.49. The summed E-state index contributed by atoms with van der Waals surface area (Å²) in [5.74, 6) is 0.810. The third kappa shape index (κ3) is 2.68. The van der Waals surface area contributed by atoms with Crippen molar-refractivity contribution in [3.8, 4) is 0 Å². The zero-order chi connectivity index (χ0) is 14.4. The molecule has 0 bridgehead atoms. The van der Waals surface area contributed by atoms with Crippen LogP contribution in [-0.4, -0.2) is 49.8 Å². The van der Waals surface area contributed by atoms with Gasteiger partial charge >= 0.3 is 0 Å². The smallest absolute Gasteiger partial charge is 0.173 e. The van der Waals surface area contributed by atoms with Crippen LogP contribution in [0.15, 0.2) is 11.5 Å². The van der Waals surface area contributed by atoms with Crippen LogP contribution >= 0.6 is 0 Å². The molecule has 20 heavy (non-hydrogen) atoms. The molecule has 2 fully saturated rings. The third-order valence-electron chi connectivity index (χ3n) is 5.26. The molecule has 2 heterocycles. The zero-order valence-corrected chi connectivity index (χ0v) is 13.3. The van der Waals surface area contributed by atoms with Crippen LogP contribution in [0.5, 0.6) is 0 Å².